The number of benzene rings is 1. The van der Waals surface area contributed by atoms with Crippen LogP contribution in [0, 0.1) is 5.82 Å². The van der Waals surface area contributed by atoms with Gasteiger partial charge < -0.3 is 10.4 Å². The first-order valence-corrected chi connectivity index (χ1v) is 9.00. The molecule has 0 unspecified atom stereocenters. The van der Waals surface area contributed by atoms with Gasteiger partial charge in [-0.05, 0) is 30.7 Å². The molecule has 0 saturated heterocycles. The van der Waals surface area contributed by atoms with Crippen LogP contribution < -0.4 is 5.32 Å². The molecule has 3 N–H and O–H groups in total. The maximum Gasteiger partial charge on any atom is 0.255 e. The lowest BCUT2D eigenvalue weighted by Gasteiger charge is -2.45. The van der Waals surface area contributed by atoms with Crippen molar-refractivity contribution < 1.29 is 14.3 Å². The number of nitrogens with zero attached hydrogens (tertiary/aromatic N) is 1. The summed E-state index contributed by atoms with van der Waals surface area (Å²) in [6.45, 7) is 2.24. The number of thioether (sulfide) groups is 1. The summed E-state index contributed by atoms with van der Waals surface area (Å²) >= 11 is 1.71. The van der Waals surface area contributed by atoms with E-state index in [0.29, 0.717) is 17.7 Å². The van der Waals surface area contributed by atoms with Crippen LogP contribution in [0.25, 0.3) is 11.3 Å². The van der Waals surface area contributed by atoms with Gasteiger partial charge >= 0.3 is 0 Å². The number of nitrogens with one attached hydrogen (secondary N) is 2. The molecule has 2 aromatic rings. The van der Waals surface area contributed by atoms with Crippen molar-refractivity contribution in [2.75, 3.05) is 12.3 Å². The van der Waals surface area contributed by atoms with E-state index in [1.807, 2.05) is 6.92 Å². The van der Waals surface area contributed by atoms with Gasteiger partial charge in [0.15, 0.2) is 0 Å². The SMILES string of the molecule is CCS[C@H]1CC[C@@]1(O)CNC(=O)c1cn[nH]c1-c1ccccc1F. The average Bonchev–Trinajstić information content (AvgIpc) is 3.06. The highest BCUT2D eigenvalue weighted by Gasteiger charge is 2.45. The first-order chi connectivity index (χ1) is 11.5. The molecule has 3 rings (SSSR count). The van der Waals surface area contributed by atoms with E-state index in [1.165, 1.54) is 12.3 Å². The van der Waals surface area contributed by atoms with Crippen molar-refractivity contribution in [2.45, 2.75) is 30.6 Å². The number of aromatic nitrogens is 2. The molecular formula is C17H20FN3O2S. The molecule has 1 amide bonds. The van der Waals surface area contributed by atoms with E-state index in [9.17, 15) is 14.3 Å². The lowest BCUT2D eigenvalue weighted by molar-refractivity contribution is -0.0221. The van der Waals surface area contributed by atoms with Crippen molar-refractivity contribution in [2.24, 2.45) is 0 Å². The van der Waals surface area contributed by atoms with Gasteiger partial charge in [0.2, 0.25) is 0 Å². The smallest absolute Gasteiger partial charge is 0.255 e. The molecule has 0 aliphatic heterocycles. The molecule has 0 radical (unpaired) electrons. The molecule has 1 aliphatic carbocycles. The molecule has 128 valence electrons. The van der Waals surface area contributed by atoms with Gasteiger partial charge in [-0.3, -0.25) is 9.89 Å². The second kappa shape index (κ2) is 6.94. The Morgan fingerprint density at radius 3 is 3.00 bits per heavy atom. The molecule has 0 bridgehead atoms. The number of carbonyl (C=O) groups excluding carboxylic acids is 1. The van der Waals surface area contributed by atoms with Crippen LogP contribution in [0.2, 0.25) is 0 Å². The summed E-state index contributed by atoms with van der Waals surface area (Å²) in [5.74, 6) is 0.135. The van der Waals surface area contributed by atoms with Gasteiger partial charge in [-0.25, -0.2) is 4.39 Å². The molecule has 1 aromatic heterocycles. The van der Waals surface area contributed by atoms with Crippen molar-refractivity contribution in [3.8, 4) is 11.3 Å². The zero-order valence-electron chi connectivity index (χ0n) is 13.4. The highest BCUT2D eigenvalue weighted by Crippen LogP contribution is 2.40. The van der Waals surface area contributed by atoms with Crippen LogP contribution >= 0.6 is 11.8 Å². The fraction of sp³-hybridized carbons (Fsp3) is 0.412. The van der Waals surface area contributed by atoms with Crippen molar-refractivity contribution in [3.63, 3.8) is 0 Å². The first-order valence-electron chi connectivity index (χ1n) is 7.95. The third-order valence-electron chi connectivity index (χ3n) is 4.39. The molecule has 1 aliphatic rings. The Morgan fingerprint density at radius 1 is 1.54 bits per heavy atom. The number of carbonyl (C=O) groups is 1. The third-order valence-corrected chi connectivity index (χ3v) is 5.80. The van der Waals surface area contributed by atoms with Crippen LogP contribution in [-0.2, 0) is 0 Å². The second-order valence-electron chi connectivity index (χ2n) is 5.91. The van der Waals surface area contributed by atoms with Gasteiger partial charge in [0, 0.05) is 17.4 Å². The topological polar surface area (TPSA) is 78.0 Å². The normalized spacial score (nSPS) is 22.9. The largest absolute Gasteiger partial charge is 0.387 e. The Morgan fingerprint density at radius 2 is 2.33 bits per heavy atom. The number of hydrogen-bond donors (Lipinski definition) is 3. The van der Waals surface area contributed by atoms with Crippen LogP contribution in [0.1, 0.15) is 30.1 Å². The van der Waals surface area contributed by atoms with E-state index in [2.05, 4.69) is 15.5 Å². The monoisotopic (exact) mass is 349 g/mol. The number of halogens is 1. The summed E-state index contributed by atoms with van der Waals surface area (Å²) in [7, 11) is 0. The highest BCUT2D eigenvalue weighted by molar-refractivity contribution is 8.00. The highest BCUT2D eigenvalue weighted by atomic mass is 32.2. The molecule has 1 fully saturated rings. The summed E-state index contributed by atoms with van der Waals surface area (Å²) in [6, 6.07) is 6.21. The maximum absolute atomic E-state index is 13.9. The molecule has 7 heteroatoms. The molecule has 1 heterocycles. The van der Waals surface area contributed by atoms with Crippen molar-refractivity contribution in [3.05, 3.63) is 41.8 Å². The summed E-state index contributed by atoms with van der Waals surface area (Å²) in [5, 5.41) is 20.0. The third kappa shape index (κ3) is 3.18. The van der Waals surface area contributed by atoms with Crippen LogP contribution in [0.3, 0.4) is 0 Å². The fourth-order valence-corrected chi connectivity index (χ4v) is 4.09. The first kappa shape index (κ1) is 17.0. The van der Waals surface area contributed by atoms with Crippen LogP contribution in [0.5, 0.6) is 0 Å². The maximum atomic E-state index is 13.9. The molecule has 5 nitrogen and oxygen atoms in total. The standard InChI is InChI=1S/C17H20FN3O2S/c1-2-24-14-7-8-17(14,23)10-19-16(22)12-9-20-21-15(12)11-5-3-4-6-13(11)18/h3-6,9,14,23H,2,7-8,10H2,1H3,(H,19,22)(H,20,21)/t14-,17+/m0/s1. The quantitative estimate of drug-likeness (QED) is 0.749. The second-order valence-corrected chi connectivity index (χ2v) is 7.39. The van der Waals surface area contributed by atoms with Crippen molar-refractivity contribution in [1.82, 2.24) is 15.5 Å². The van der Waals surface area contributed by atoms with Crippen molar-refractivity contribution in [1.29, 1.82) is 0 Å². The van der Waals surface area contributed by atoms with Gasteiger partial charge in [-0.1, -0.05) is 19.1 Å². The van der Waals surface area contributed by atoms with Crippen LogP contribution in [0.15, 0.2) is 30.5 Å². The Bertz CT molecular complexity index is 736. The Kier molecular flexibility index (Phi) is 4.91. The number of rotatable bonds is 6. The van der Waals surface area contributed by atoms with Gasteiger partial charge in [0.05, 0.1) is 23.1 Å². The van der Waals surface area contributed by atoms with E-state index in [4.69, 9.17) is 0 Å². The Hall–Kier alpha value is -1.86. The van der Waals surface area contributed by atoms with Gasteiger partial charge in [0.1, 0.15) is 5.82 Å². The van der Waals surface area contributed by atoms with E-state index in [0.717, 1.165) is 12.2 Å². The fourth-order valence-electron chi connectivity index (χ4n) is 2.89. The predicted octanol–water partition coefficient (Wildman–Crippen LogP) is 2.59. The van der Waals surface area contributed by atoms with Crippen molar-refractivity contribution >= 4 is 17.7 Å². The molecular weight excluding hydrogens is 329 g/mol. The molecule has 1 aromatic carbocycles. The van der Waals surface area contributed by atoms with E-state index < -0.39 is 11.4 Å². The molecule has 1 saturated carbocycles. The molecule has 24 heavy (non-hydrogen) atoms. The minimum absolute atomic E-state index is 0.151. The average molecular weight is 349 g/mol. The summed E-state index contributed by atoms with van der Waals surface area (Å²) in [5.41, 5.74) is 0.0356. The number of hydrogen-bond acceptors (Lipinski definition) is 4. The lowest BCUT2D eigenvalue weighted by atomic mass is 9.79. The number of H-pyrrole nitrogens is 1. The number of aromatic amines is 1. The van der Waals surface area contributed by atoms with E-state index >= 15 is 0 Å². The number of amides is 1. The summed E-state index contributed by atoms with van der Waals surface area (Å²) < 4.78 is 13.9. The minimum Gasteiger partial charge on any atom is -0.387 e. The van der Waals surface area contributed by atoms with Crippen LogP contribution in [-0.4, -0.2) is 44.4 Å². The molecule has 0 spiro atoms. The van der Waals surface area contributed by atoms with E-state index in [-0.39, 0.29) is 23.3 Å². The number of aliphatic hydroxyl groups is 1. The minimum atomic E-state index is -0.863. The zero-order chi connectivity index (χ0) is 17.2. The Balaban J connectivity index is 1.71. The van der Waals surface area contributed by atoms with E-state index in [1.54, 1.807) is 30.0 Å². The van der Waals surface area contributed by atoms with Gasteiger partial charge in [0.25, 0.3) is 5.91 Å². The van der Waals surface area contributed by atoms with Gasteiger partial charge in [-0.2, -0.15) is 16.9 Å². The molecule has 2 atom stereocenters. The van der Waals surface area contributed by atoms with Crippen LogP contribution in [0.4, 0.5) is 4.39 Å². The summed E-state index contributed by atoms with van der Waals surface area (Å²) in [4.78, 5) is 12.5. The van der Waals surface area contributed by atoms with Gasteiger partial charge in [-0.15, -0.1) is 0 Å². The lowest BCUT2D eigenvalue weighted by Crippen LogP contribution is -2.57. The summed E-state index contributed by atoms with van der Waals surface area (Å²) in [6.07, 6.45) is 3.01. The predicted molar refractivity (Wildman–Crippen MR) is 92.4 cm³/mol. The zero-order valence-corrected chi connectivity index (χ0v) is 14.2. The Labute approximate surface area is 144 Å².